The van der Waals surface area contributed by atoms with Gasteiger partial charge in [-0.2, -0.15) is 0 Å². The van der Waals surface area contributed by atoms with Crippen molar-refractivity contribution < 1.29 is 9.84 Å². The molecule has 0 unspecified atom stereocenters. The van der Waals surface area contributed by atoms with Gasteiger partial charge in [-0.15, -0.1) is 0 Å². The molecule has 3 rings (SSSR count). The first-order valence-electron chi connectivity index (χ1n) is 8.64. The second-order valence-electron chi connectivity index (χ2n) is 6.34. The van der Waals surface area contributed by atoms with Crippen LogP contribution in [0.15, 0.2) is 60.7 Å². The molecular formula is C20H26N2O2. The van der Waals surface area contributed by atoms with Crippen LogP contribution in [0.4, 0.5) is 0 Å². The van der Waals surface area contributed by atoms with Crippen molar-refractivity contribution in [2.45, 2.75) is 12.6 Å². The third-order valence-electron chi connectivity index (χ3n) is 4.37. The summed E-state index contributed by atoms with van der Waals surface area (Å²) in [5.41, 5.74) is 1.36. The Morgan fingerprint density at radius 3 is 2.08 bits per heavy atom. The van der Waals surface area contributed by atoms with Gasteiger partial charge in [0.15, 0.2) is 0 Å². The second kappa shape index (κ2) is 8.83. The normalized spacial score (nSPS) is 17.5. The van der Waals surface area contributed by atoms with Crippen LogP contribution in [-0.2, 0) is 6.54 Å². The number of piperazine rings is 1. The van der Waals surface area contributed by atoms with Gasteiger partial charge in [0.2, 0.25) is 0 Å². The molecule has 4 heteroatoms. The molecule has 1 N–H and O–H groups in total. The fourth-order valence-electron chi connectivity index (χ4n) is 3.03. The maximum atomic E-state index is 10.2. The van der Waals surface area contributed by atoms with Gasteiger partial charge in [-0.05, 0) is 17.7 Å². The summed E-state index contributed by atoms with van der Waals surface area (Å²) in [6.45, 7) is 6.10. The highest BCUT2D eigenvalue weighted by Crippen LogP contribution is 2.11. The number of benzene rings is 2. The van der Waals surface area contributed by atoms with Crippen LogP contribution in [0.1, 0.15) is 5.56 Å². The zero-order valence-corrected chi connectivity index (χ0v) is 14.1. The lowest BCUT2D eigenvalue weighted by Gasteiger charge is -2.35. The van der Waals surface area contributed by atoms with Gasteiger partial charge < -0.3 is 9.84 Å². The Hall–Kier alpha value is -1.88. The van der Waals surface area contributed by atoms with Crippen LogP contribution < -0.4 is 4.74 Å². The molecule has 0 amide bonds. The van der Waals surface area contributed by atoms with E-state index >= 15 is 0 Å². The minimum atomic E-state index is -0.453. The number of aliphatic hydroxyl groups excluding tert-OH is 1. The van der Waals surface area contributed by atoms with Crippen molar-refractivity contribution in [2.24, 2.45) is 0 Å². The van der Waals surface area contributed by atoms with Crippen molar-refractivity contribution in [1.29, 1.82) is 0 Å². The Kier molecular flexibility index (Phi) is 6.24. The minimum Gasteiger partial charge on any atom is -0.491 e. The van der Waals surface area contributed by atoms with Gasteiger partial charge in [-0.3, -0.25) is 9.80 Å². The van der Waals surface area contributed by atoms with Crippen LogP contribution in [0.2, 0.25) is 0 Å². The third-order valence-corrected chi connectivity index (χ3v) is 4.37. The maximum absolute atomic E-state index is 10.2. The van der Waals surface area contributed by atoms with E-state index in [1.54, 1.807) is 0 Å². The van der Waals surface area contributed by atoms with Crippen molar-refractivity contribution in [3.05, 3.63) is 66.2 Å². The predicted molar refractivity (Wildman–Crippen MR) is 96.1 cm³/mol. The highest BCUT2D eigenvalue weighted by Gasteiger charge is 2.19. The van der Waals surface area contributed by atoms with Gasteiger partial charge in [0.05, 0.1) is 0 Å². The molecule has 0 saturated carbocycles. The molecule has 1 heterocycles. The molecule has 128 valence electrons. The molecule has 2 aromatic rings. The lowest BCUT2D eigenvalue weighted by molar-refractivity contribution is 0.0446. The van der Waals surface area contributed by atoms with Crippen molar-refractivity contribution in [3.8, 4) is 5.75 Å². The van der Waals surface area contributed by atoms with Crippen LogP contribution in [-0.4, -0.2) is 60.3 Å². The summed E-state index contributed by atoms with van der Waals surface area (Å²) in [4.78, 5) is 4.79. The fraction of sp³-hybridized carbons (Fsp3) is 0.400. The standard InChI is InChI=1S/C20H26N2O2/c23-19(17-24-20-9-5-2-6-10-20)16-22-13-11-21(12-14-22)15-18-7-3-1-4-8-18/h1-10,19,23H,11-17H2/t19-/m0/s1. The number of aliphatic hydroxyl groups is 1. The lowest BCUT2D eigenvalue weighted by Crippen LogP contribution is -2.48. The summed E-state index contributed by atoms with van der Waals surface area (Å²) in [6, 6.07) is 20.3. The van der Waals surface area contributed by atoms with Gasteiger partial charge in [0.1, 0.15) is 18.5 Å². The van der Waals surface area contributed by atoms with Gasteiger partial charge in [0.25, 0.3) is 0 Å². The summed E-state index contributed by atoms with van der Waals surface area (Å²) in [5.74, 6) is 0.809. The number of para-hydroxylation sites is 1. The summed E-state index contributed by atoms with van der Waals surface area (Å²) in [6.07, 6.45) is -0.453. The van der Waals surface area contributed by atoms with E-state index in [0.717, 1.165) is 38.5 Å². The molecule has 0 bridgehead atoms. The quantitative estimate of drug-likeness (QED) is 0.846. The second-order valence-corrected chi connectivity index (χ2v) is 6.34. The van der Waals surface area contributed by atoms with Gasteiger partial charge in [0, 0.05) is 39.3 Å². The van der Waals surface area contributed by atoms with E-state index in [9.17, 15) is 5.11 Å². The Balaban J connectivity index is 1.36. The van der Waals surface area contributed by atoms with Gasteiger partial charge in [-0.25, -0.2) is 0 Å². The van der Waals surface area contributed by atoms with Gasteiger partial charge in [-0.1, -0.05) is 48.5 Å². The predicted octanol–water partition coefficient (Wildman–Crippen LogP) is 2.24. The molecule has 0 aromatic heterocycles. The van der Waals surface area contributed by atoms with E-state index in [-0.39, 0.29) is 0 Å². The number of rotatable bonds is 7. The number of β-amino-alcohol motifs (C(OH)–C–C–N with tert-alkyl or cyclic N) is 1. The van der Waals surface area contributed by atoms with Crippen molar-refractivity contribution in [2.75, 3.05) is 39.3 Å². The maximum Gasteiger partial charge on any atom is 0.119 e. The SMILES string of the molecule is O[C@H](COc1ccccc1)CN1CCN(Cc2ccccc2)CC1. The lowest BCUT2D eigenvalue weighted by atomic mass is 10.2. The van der Waals surface area contributed by atoms with E-state index < -0.39 is 6.10 Å². The van der Waals surface area contributed by atoms with E-state index in [4.69, 9.17) is 4.74 Å². The Morgan fingerprint density at radius 1 is 0.833 bits per heavy atom. The topological polar surface area (TPSA) is 35.9 Å². The molecular weight excluding hydrogens is 300 g/mol. The van der Waals surface area contributed by atoms with E-state index in [0.29, 0.717) is 13.2 Å². The van der Waals surface area contributed by atoms with Crippen molar-refractivity contribution in [1.82, 2.24) is 9.80 Å². The van der Waals surface area contributed by atoms with Crippen molar-refractivity contribution in [3.63, 3.8) is 0 Å². The molecule has 1 aliphatic rings. The molecule has 24 heavy (non-hydrogen) atoms. The largest absolute Gasteiger partial charge is 0.491 e. The Morgan fingerprint density at radius 2 is 1.42 bits per heavy atom. The van der Waals surface area contributed by atoms with Crippen LogP contribution >= 0.6 is 0 Å². The van der Waals surface area contributed by atoms with E-state index in [2.05, 4.69) is 40.1 Å². The first-order chi connectivity index (χ1) is 11.8. The number of ether oxygens (including phenoxy) is 1. The highest BCUT2D eigenvalue weighted by molar-refractivity contribution is 5.20. The molecule has 1 fully saturated rings. The molecule has 0 spiro atoms. The van der Waals surface area contributed by atoms with E-state index in [1.807, 2.05) is 30.3 Å². The van der Waals surface area contributed by atoms with E-state index in [1.165, 1.54) is 5.56 Å². The molecule has 2 aromatic carbocycles. The van der Waals surface area contributed by atoms with Crippen LogP contribution in [0.3, 0.4) is 0 Å². The monoisotopic (exact) mass is 326 g/mol. The third kappa shape index (κ3) is 5.34. The molecule has 1 saturated heterocycles. The summed E-state index contributed by atoms with van der Waals surface area (Å²) >= 11 is 0. The minimum absolute atomic E-state index is 0.342. The zero-order chi connectivity index (χ0) is 16.6. The summed E-state index contributed by atoms with van der Waals surface area (Å²) in [5, 5.41) is 10.2. The highest BCUT2D eigenvalue weighted by atomic mass is 16.5. The first-order valence-corrected chi connectivity index (χ1v) is 8.64. The first kappa shape index (κ1) is 17.0. The number of hydrogen-bond acceptors (Lipinski definition) is 4. The van der Waals surface area contributed by atoms with Gasteiger partial charge >= 0.3 is 0 Å². The average molecular weight is 326 g/mol. The number of hydrogen-bond donors (Lipinski definition) is 1. The smallest absolute Gasteiger partial charge is 0.119 e. The zero-order valence-electron chi connectivity index (χ0n) is 14.1. The summed E-state index contributed by atoms with van der Waals surface area (Å²) < 4.78 is 5.62. The molecule has 0 radical (unpaired) electrons. The van der Waals surface area contributed by atoms with Crippen LogP contribution in [0.25, 0.3) is 0 Å². The van der Waals surface area contributed by atoms with Crippen LogP contribution in [0, 0.1) is 0 Å². The fourth-order valence-corrected chi connectivity index (χ4v) is 3.03. The number of nitrogens with zero attached hydrogens (tertiary/aromatic N) is 2. The Bertz CT molecular complexity index is 583. The molecule has 4 nitrogen and oxygen atoms in total. The average Bonchev–Trinajstić information content (AvgIpc) is 2.63. The Labute approximate surface area is 144 Å². The van der Waals surface area contributed by atoms with Crippen LogP contribution in [0.5, 0.6) is 5.75 Å². The molecule has 1 aliphatic heterocycles. The molecule has 0 aliphatic carbocycles. The molecule has 1 atom stereocenters. The summed E-state index contributed by atoms with van der Waals surface area (Å²) in [7, 11) is 0. The van der Waals surface area contributed by atoms with Crippen molar-refractivity contribution >= 4 is 0 Å².